The third kappa shape index (κ3) is 33.8. The van der Waals surface area contributed by atoms with E-state index < -0.39 is 12.0 Å². The van der Waals surface area contributed by atoms with Gasteiger partial charge >= 0.3 is 29.6 Å². The van der Waals surface area contributed by atoms with Crippen LogP contribution in [-0.2, 0) is 4.79 Å². The first-order chi connectivity index (χ1) is 21.2. The second kappa shape index (κ2) is 39.6. The van der Waals surface area contributed by atoms with Crippen LogP contribution in [0.25, 0.3) is 0 Å². The first kappa shape index (κ1) is 46.5. The Kier molecular flexibility index (Phi) is 41.9. The van der Waals surface area contributed by atoms with Crippen molar-refractivity contribution in [3.8, 4) is 0 Å². The van der Waals surface area contributed by atoms with Gasteiger partial charge in [-0.05, 0) is 32.4 Å². The van der Waals surface area contributed by atoms with Gasteiger partial charge in [0.25, 0.3) is 0 Å². The van der Waals surface area contributed by atoms with Crippen LogP contribution in [0.1, 0.15) is 233 Å². The second-order valence-corrected chi connectivity index (χ2v) is 13.9. The molecule has 3 nitrogen and oxygen atoms in total. The first-order valence-corrected chi connectivity index (χ1v) is 20.1. The van der Waals surface area contributed by atoms with Crippen molar-refractivity contribution in [3.63, 3.8) is 0 Å². The van der Waals surface area contributed by atoms with E-state index >= 15 is 0 Å². The van der Waals surface area contributed by atoms with Gasteiger partial charge in [-0.25, -0.2) is 0 Å². The maximum absolute atomic E-state index is 12.0. The van der Waals surface area contributed by atoms with Crippen molar-refractivity contribution in [3.05, 3.63) is 0 Å². The zero-order valence-electron chi connectivity index (χ0n) is 31.1. The largest absolute Gasteiger partial charge is 1.00 e. The molecule has 0 saturated carbocycles. The number of nitrogens with zero attached hydrogens (tertiary/aromatic N) is 1. The van der Waals surface area contributed by atoms with Crippen molar-refractivity contribution in [2.24, 2.45) is 0 Å². The Labute approximate surface area is 300 Å². The van der Waals surface area contributed by atoms with E-state index in [1.54, 1.807) is 0 Å². The third-order valence-corrected chi connectivity index (χ3v) is 9.64. The molecular weight excluding hydrogens is 549 g/mol. The van der Waals surface area contributed by atoms with Crippen molar-refractivity contribution in [2.75, 3.05) is 13.1 Å². The first-order valence-electron chi connectivity index (χ1n) is 20.1. The average Bonchev–Trinajstić information content (AvgIpc) is 3.00. The summed E-state index contributed by atoms with van der Waals surface area (Å²) in [5.74, 6) is -0.852. The van der Waals surface area contributed by atoms with Gasteiger partial charge in [-0.1, -0.05) is 213 Å². The van der Waals surface area contributed by atoms with E-state index in [1.807, 2.05) is 0 Å². The molecule has 0 aliphatic carbocycles. The summed E-state index contributed by atoms with van der Waals surface area (Å²) in [5, 5.41) is 12.0. The summed E-state index contributed by atoms with van der Waals surface area (Å²) < 4.78 is 0. The van der Waals surface area contributed by atoms with Gasteiger partial charge in [-0.15, -0.1) is 0 Å². The molecule has 0 amide bonds. The molecule has 0 aromatic carbocycles. The predicted octanol–water partition coefficient (Wildman–Crippen LogP) is 9.34. The Hall–Kier alpha value is 0.430. The number of hydrogen-bond acceptors (Lipinski definition) is 3. The SMILES string of the molecule is CCCCCCCCCCCCCCCCCN(CCCCCCCCCCCCCCCCC)C(CCCC)C(=O)[O-].[Na+]. The number of carbonyl (C=O) groups is 1. The van der Waals surface area contributed by atoms with Gasteiger partial charge in [0.2, 0.25) is 0 Å². The molecule has 44 heavy (non-hydrogen) atoms. The maximum atomic E-state index is 12.0. The molecule has 1 unspecified atom stereocenters. The molecule has 0 heterocycles. The molecule has 0 N–H and O–H groups in total. The van der Waals surface area contributed by atoms with Crippen LogP contribution in [0, 0.1) is 0 Å². The van der Waals surface area contributed by atoms with E-state index in [0.717, 1.165) is 45.2 Å². The van der Waals surface area contributed by atoms with E-state index in [1.165, 1.54) is 180 Å². The van der Waals surface area contributed by atoms with E-state index in [9.17, 15) is 9.90 Å². The van der Waals surface area contributed by atoms with Gasteiger partial charge in [0.15, 0.2) is 0 Å². The quantitative estimate of drug-likeness (QED) is 0.0508. The van der Waals surface area contributed by atoms with Crippen LogP contribution in [0.3, 0.4) is 0 Å². The molecule has 0 aliphatic heterocycles. The molecule has 0 aromatic rings. The number of carboxylic acids is 1. The molecule has 0 saturated heterocycles. The van der Waals surface area contributed by atoms with Gasteiger partial charge in [0.1, 0.15) is 0 Å². The summed E-state index contributed by atoms with van der Waals surface area (Å²) in [7, 11) is 0. The van der Waals surface area contributed by atoms with Crippen molar-refractivity contribution in [1.29, 1.82) is 0 Å². The van der Waals surface area contributed by atoms with Crippen molar-refractivity contribution < 1.29 is 39.5 Å². The fraction of sp³-hybridized carbons (Fsp3) is 0.975. The van der Waals surface area contributed by atoms with Crippen LogP contribution < -0.4 is 34.7 Å². The Balaban J connectivity index is 0. The number of hydrogen-bond donors (Lipinski definition) is 0. The number of carboxylic acid groups (broad SMARTS) is 1. The van der Waals surface area contributed by atoms with Crippen LogP contribution in [-0.4, -0.2) is 30.0 Å². The van der Waals surface area contributed by atoms with E-state index in [2.05, 4.69) is 25.7 Å². The summed E-state index contributed by atoms with van der Waals surface area (Å²) >= 11 is 0. The smallest absolute Gasteiger partial charge is 0.548 e. The monoisotopic (exact) mass is 630 g/mol. The standard InChI is InChI=1S/C40H81NO2.Na/c1-4-7-10-12-14-16-18-20-22-24-26-28-30-32-34-37-41(39(40(42)43)36-9-6-3)38-35-33-31-29-27-25-23-21-19-17-15-13-11-8-5-2;/h39H,4-38H2,1-3H3,(H,42,43);/q;+1/p-1. The topological polar surface area (TPSA) is 43.4 Å². The molecular formula is C40H80NNaO2. The van der Waals surface area contributed by atoms with Crippen molar-refractivity contribution in [2.45, 2.75) is 239 Å². The summed E-state index contributed by atoms with van der Waals surface area (Å²) in [6, 6.07) is -0.391. The van der Waals surface area contributed by atoms with Crippen LogP contribution in [0.15, 0.2) is 0 Å². The minimum atomic E-state index is -0.852. The number of aliphatic carboxylic acids is 1. The molecule has 0 spiro atoms. The van der Waals surface area contributed by atoms with Gasteiger partial charge in [0, 0.05) is 6.04 Å². The van der Waals surface area contributed by atoms with Crippen LogP contribution in [0.4, 0.5) is 0 Å². The van der Waals surface area contributed by atoms with Crippen molar-refractivity contribution >= 4 is 5.97 Å². The predicted molar refractivity (Wildman–Crippen MR) is 190 cm³/mol. The molecule has 4 heteroatoms. The molecule has 0 radical (unpaired) electrons. The third-order valence-electron chi connectivity index (χ3n) is 9.64. The van der Waals surface area contributed by atoms with Crippen LogP contribution >= 0.6 is 0 Å². The number of carbonyl (C=O) groups excluding carboxylic acids is 1. The van der Waals surface area contributed by atoms with Crippen LogP contribution in [0.5, 0.6) is 0 Å². The average molecular weight is 630 g/mol. The van der Waals surface area contributed by atoms with Gasteiger partial charge in [-0.3, -0.25) is 4.90 Å². The maximum Gasteiger partial charge on any atom is 1.00 e. The molecule has 0 bridgehead atoms. The summed E-state index contributed by atoms with van der Waals surface area (Å²) in [6.45, 7) is 8.59. The van der Waals surface area contributed by atoms with Gasteiger partial charge in [-0.2, -0.15) is 0 Å². The van der Waals surface area contributed by atoms with E-state index in [-0.39, 0.29) is 29.6 Å². The van der Waals surface area contributed by atoms with E-state index in [4.69, 9.17) is 0 Å². The molecule has 0 aliphatic rings. The molecule has 0 rings (SSSR count). The van der Waals surface area contributed by atoms with Gasteiger partial charge < -0.3 is 9.90 Å². The Bertz CT molecular complexity index is 509. The molecule has 1 atom stereocenters. The normalized spacial score (nSPS) is 12.1. The summed E-state index contributed by atoms with van der Waals surface area (Å²) in [4.78, 5) is 14.3. The Morgan fingerprint density at radius 3 is 0.864 bits per heavy atom. The van der Waals surface area contributed by atoms with E-state index in [0.29, 0.717) is 0 Å². The van der Waals surface area contributed by atoms with Gasteiger partial charge in [0.05, 0.1) is 5.97 Å². The molecule has 258 valence electrons. The van der Waals surface area contributed by atoms with Crippen LogP contribution in [0.2, 0.25) is 0 Å². The zero-order valence-corrected chi connectivity index (χ0v) is 33.1. The Morgan fingerprint density at radius 2 is 0.636 bits per heavy atom. The molecule has 0 aromatic heterocycles. The molecule has 0 fully saturated rings. The number of unbranched alkanes of at least 4 members (excludes halogenated alkanes) is 29. The fourth-order valence-electron chi connectivity index (χ4n) is 6.64. The zero-order chi connectivity index (χ0) is 31.5. The second-order valence-electron chi connectivity index (χ2n) is 13.9. The Morgan fingerprint density at radius 1 is 0.409 bits per heavy atom. The minimum absolute atomic E-state index is 0. The minimum Gasteiger partial charge on any atom is -0.548 e. The van der Waals surface area contributed by atoms with Crippen molar-refractivity contribution in [1.82, 2.24) is 4.90 Å². The summed E-state index contributed by atoms with van der Waals surface area (Å²) in [5.41, 5.74) is 0. The summed E-state index contributed by atoms with van der Waals surface area (Å²) in [6.07, 6.45) is 43.8. The fourth-order valence-corrected chi connectivity index (χ4v) is 6.64. The number of rotatable bonds is 37.